The predicted molar refractivity (Wildman–Crippen MR) is 113 cm³/mol. The van der Waals surface area contributed by atoms with Crippen molar-refractivity contribution >= 4 is 17.3 Å². The SMILES string of the molecule is CC(=O)CC[C@@]1(C)CCCC2=CC(CCCC[C@@](C)(C(=O)CN)CCC1=O)N=N2. The van der Waals surface area contributed by atoms with Gasteiger partial charge in [0.05, 0.1) is 18.3 Å². The van der Waals surface area contributed by atoms with Crippen molar-refractivity contribution in [2.24, 2.45) is 26.8 Å². The predicted octanol–water partition coefficient (Wildman–Crippen LogP) is 4.71. The first kappa shape index (κ1) is 23.6. The maximum absolute atomic E-state index is 13.2. The Kier molecular flexibility index (Phi) is 8.44. The molecule has 1 aliphatic heterocycles. The molecule has 0 saturated carbocycles. The highest BCUT2D eigenvalue weighted by Crippen LogP contribution is 2.38. The van der Waals surface area contributed by atoms with Gasteiger partial charge in [-0.2, -0.15) is 10.2 Å². The highest BCUT2D eigenvalue weighted by molar-refractivity contribution is 5.88. The van der Waals surface area contributed by atoms with Gasteiger partial charge in [0.15, 0.2) is 5.78 Å². The summed E-state index contributed by atoms with van der Waals surface area (Å²) in [4.78, 5) is 37.4. The molecule has 6 nitrogen and oxygen atoms in total. The van der Waals surface area contributed by atoms with Crippen molar-refractivity contribution in [3.05, 3.63) is 11.8 Å². The van der Waals surface area contributed by atoms with E-state index >= 15 is 0 Å². The van der Waals surface area contributed by atoms with Crippen LogP contribution in [0.5, 0.6) is 0 Å². The van der Waals surface area contributed by atoms with Crippen molar-refractivity contribution < 1.29 is 14.4 Å². The normalized spacial score (nSPS) is 31.7. The zero-order valence-corrected chi connectivity index (χ0v) is 18.3. The van der Waals surface area contributed by atoms with Gasteiger partial charge < -0.3 is 10.5 Å². The molecule has 0 saturated heterocycles. The van der Waals surface area contributed by atoms with Crippen molar-refractivity contribution in [2.75, 3.05) is 6.54 Å². The van der Waals surface area contributed by atoms with E-state index in [9.17, 15) is 14.4 Å². The Bertz CT molecular complexity index is 685. The Morgan fingerprint density at radius 1 is 1.14 bits per heavy atom. The van der Waals surface area contributed by atoms with E-state index in [1.807, 2.05) is 13.8 Å². The largest absolute Gasteiger partial charge is 0.324 e. The second-order valence-electron chi connectivity index (χ2n) is 9.41. The van der Waals surface area contributed by atoms with Crippen molar-refractivity contribution in [3.8, 4) is 0 Å². The smallest absolute Gasteiger partial charge is 0.152 e. The first-order valence-electron chi connectivity index (χ1n) is 11.1. The summed E-state index contributed by atoms with van der Waals surface area (Å²) in [5, 5.41) is 8.68. The van der Waals surface area contributed by atoms with Crippen molar-refractivity contribution in [1.29, 1.82) is 0 Å². The third kappa shape index (κ3) is 6.66. The van der Waals surface area contributed by atoms with E-state index in [0.717, 1.165) is 50.6 Å². The van der Waals surface area contributed by atoms with Crippen LogP contribution in [0.2, 0.25) is 0 Å². The molecule has 2 N–H and O–H groups in total. The first-order chi connectivity index (χ1) is 13.7. The average molecular weight is 404 g/mol. The molecule has 29 heavy (non-hydrogen) atoms. The van der Waals surface area contributed by atoms with Gasteiger partial charge in [0.2, 0.25) is 0 Å². The first-order valence-corrected chi connectivity index (χ1v) is 11.1. The Morgan fingerprint density at radius 2 is 1.90 bits per heavy atom. The molecule has 0 amide bonds. The Morgan fingerprint density at radius 3 is 2.59 bits per heavy atom. The molecule has 162 valence electrons. The van der Waals surface area contributed by atoms with Crippen LogP contribution in [0.3, 0.4) is 0 Å². The number of hydrogen-bond donors (Lipinski definition) is 1. The van der Waals surface area contributed by atoms with Gasteiger partial charge in [-0.05, 0) is 57.9 Å². The Hall–Kier alpha value is -1.69. The summed E-state index contributed by atoms with van der Waals surface area (Å²) in [5.41, 5.74) is 5.58. The van der Waals surface area contributed by atoms with E-state index in [0.29, 0.717) is 25.7 Å². The van der Waals surface area contributed by atoms with E-state index in [2.05, 4.69) is 16.3 Å². The summed E-state index contributed by atoms with van der Waals surface area (Å²) in [6, 6.07) is 0.136. The van der Waals surface area contributed by atoms with Gasteiger partial charge in [-0.3, -0.25) is 9.59 Å². The molecule has 1 aliphatic carbocycles. The summed E-state index contributed by atoms with van der Waals surface area (Å²) in [6.45, 7) is 5.51. The number of azo groups is 1. The van der Waals surface area contributed by atoms with Gasteiger partial charge >= 0.3 is 0 Å². The molecule has 0 aromatic carbocycles. The topological polar surface area (TPSA) is 102 Å². The van der Waals surface area contributed by atoms with Gasteiger partial charge in [-0.1, -0.05) is 26.7 Å². The summed E-state index contributed by atoms with van der Waals surface area (Å²) < 4.78 is 0. The monoisotopic (exact) mass is 403 g/mol. The molecule has 0 fully saturated rings. The quantitative estimate of drug-likeness (QED) is 0.718. The van der Waals surface area contributed by atoms with Crippen LogP contribution < -0.4 is 5.73 Å². The summed E-state index contributed by atoms with van der Waals surface area (Å²) >= 11 is 0. The van der Waals surface area contributed by atoms with E-state index in [4.69, 9.17) is 5.73 Å². The van der Waals surface area contributed by atoms with Crippen LogP contribution in [0, 0.1) is 10.8 Å². The van der Waals surface area contributed by atoms with Crippen molar-refractivity contribution in [2.45, 2.75) is 97.4 Å². The molecule has 0 aromatic heterocycles. The minimum atomic E-state index is -0.565. The van der Waals surface area contributed by atoms with E-state index in [1.54, 1.807) is 6.92 Å². The lowest BCUT2D eigenvalue weighted by Gasteiger charge is -2.32. The van der Waals surface area contributed by atoms with Crippen LogP contribution in [0.15, 0.2) is 22.0 Å². The van der Waals surface area contributed by atoms with Crippen LogP contribution in [0.25, 0.3) is 0 Å². The molecular weight excluding hydrogens is 366 g/mol. The summed E-state index contributed by atoms with van der Waals surface area (Å²) in [6.07, 6.45) is 9.94. The molecule has 1 heterocycles. The molecule has 2 rings (SSSR count). The number of hydrogen-bond acceptors (Lipinski definition) is 6. The van der Waals surface area contributed by atoms with Gasteiger partial charge in [0.1, 0.15) is 11.6 Å². The molecule has 6 heteroatoms. The number of Topliss-reactive ketones (excluding diaryl/α,β-unsaturated/α-hetero) is 3. The molecule has 0 spiro atoms. The number of carbonyl (C=O) groups excluding carboxylic acids is 3. The number of ketones is 3. The lowest BCUT2D eigenvalue weighted by molar-refractivity contribution is -0.131. The van der Waals surface area contributed by atoms with Crippen LogP contribution in [0.1, 0.15) is 91.4 Å². The molecule has 2 bridgehead atoms. The fourth-order valence-electron chi connectivity index (χ4n) is 4.44. The number of carbonyl (C=O) groups is 3. The molecule has 1 unspecified atom stereocenters. The van der Waals surface area contributed by atoms with E-state index in [1.165, 1.54) is 0 Å². The van der Waals surface area contributed by atoms with Crippen LogP contribution in [-0.4, -0.2) is 29.9 Å². The van der Waals surface area contributed by atoms with Crippen molar-refractivity contribution in [1.82, 2.24) is 0 Å². The standard InChI is InChI=1S/C23H37N3O3/c1-17(27)9-13-22(2)12-6-8-19-15-18(25-26-19)7-4-5-11-23(3,21(29)16-24)14-10-20(22)28/h15,18H,4-14,16,24H2,1-3H3/t18?,22-,23-/m1/s1. The fourth-order valence-corrected chi connectivity index (χ4v) is 4.44. The molecule has 0 aromatic rings. The molecule has 0 radical (unpaired) electrons. The van der Waals surface area contributed by atoms with Gasteiger partial charge in [-0.15, -0.1) is 0 Å². The minimum absolute atomic E-state index is 0.00916. The zero-order valence-electron chi connectivity index (χ0n) is 18.3. The second-order valence-corrected chi connectivity index (χ2v) is 9.41. The van der Waals surface area contributed by atoms with Gasteiger partial charge in [0, 0.05) is 23.7 Å². The average Bonchev–Trinajstić information content (AvgIpc) is 3.14. The van der Waals surface area contributed by atoms with Crippen molar-refractivity contribution in [3.63, 3.8) is 0 Å². The third-order valence-electron chi connectivity index (χ3n) is 6.82. The molecule has 2 aliphatic rings. The van der Waals surface area contributed by atoms with Gasteiger partial charge in [-0.25, -0.2) is 0 Å². The lowest BCUT2D eigenvalue weighted by atomic mass is 9.71. The molecule has 3 atom stereocenters. The lowest BCUT2D eigenvalue weighted by Crippen LogP contribution is -2.36. The maximum Gasteiger partial charge on any atom is 0.152 e. The summed E-state index contributed by atoms with van der Waals surface area (Å²) in [5.74, 6) is 0.292. The van der Waals surface area contributed by atoms with E-state index < -0.39 is 10.8 Å². The van der Waals surface area contributed by atoms with E-state index in [-0.39, 0.29) is 29.9 Å². The number of fused-ring (bicyclic) bond motifs is 1. The minimum Gasteiger partial charge on any atom is -0.324 e. The Balaban J connectivity index is 2.21. The highest BCUT2D eigenvalue weighted by atomic mass is 16.1. The highest BCUT2D eigenvalue weighted by Gasteiger charge is 2.37. The Labute approximate surface area is 174 Å². The second kappa shape index (κ2) is 10.4. The maximum atomic E-state index is 13.2. The van der Waals surface area contributed by atoms with Crippen LogP contribution >= 0.6 is 0 Å². The van der Waals surface area contributed by atoms with Gasteiger partial charge in [0.25, 0.3) is 0 Å². The number of nitrogens with two attached hydrogens (primary N) is 1. The van der Waals surface area contributed by atoms with Crippen LogP contribution in [0.4, 0.5) is 0 Å². The van der Waals surface area contributed by atoms with Crippen LogP contribution in [-0.2, 0) is 14.4 Å². The zero-order chi connectivity index (χ0) is 21.5. The number of nitrogens with zero attached hydrogens (tertiary/aromatic N) is 2. The number of rotatable bonds is 5. The molecular formula is C23H37N3O3. The number of allylic oxidation sites excluding steroid dienone is 1. The summed E-state index contributed by atoms with van der Waals surface area (Å²) in [7, 11) is 0. The fraction of sp³-hybridized carbons (Fsp3) is 0.783. The third-order valence-corrected chi connectivity index (χ3v) is 6.82.